The summed E-state index contributed by atoms with van der Waals surface area (Å²) in [5.74, 6) is 0. The average Bonchev–Trinajstić information content (AvgIpc) is 2.54. The fraction of sp³-hybridized carbons (Fsp3) is 0.333. The van der Waals surface area contributed by atoms with E-state index in [1.54, 1.807) is 0 Å². The minimum absolute atomic E-state index is 0. The van der Waals surface area contributed by atoms with Gasteiger partial charge in [0.25, 0.3) is 0 Å². The predicted octanol–water partition coefficient (Wildman–Crippen LogP) is 3.34. The van der Waals surface area contributed by atoms with Gasteiger partial charge in [0.05, 0.1) is 12.1 Å². The zero-order valence-corrected chi connectivity index (χ0v) is 13.7. The van der Waals surface area contributed by atoms with Crippen molar-refractivity contribution >= 4 is 17.0 Å². The van der Waals surface area contributed by atoms with Crippen molar-refractivity contribution in [2.24, 2.45) is 0 Å². The molecule has 110 valence electrons. The van der Waals surface area contributed by atoms with Crippen LogP contribution in [0.3, 0.4) is 0 Å². The van der Waals surface area contributed by atoms with Crippen molar-refractivity contribution in [2.45, 2.75) is 24.9 Å². The molecule has 0 aromatic heterocycles. The molecule has 0 radical (unpaired) electrons. The number of hydrogen-bond acceptors (Lipinski definition) is 2. The second-order valence-corrected chi connectivity index (χ2v) is 5.76. The van der Waals surface area contributed by atoms with Crippen molar-refractivity contribution in [3.05, 3.63) is 70.8 Å². The largest absolute Gasteiger partial charge is 0.308 e. The predicted molar refractivity (Wildman–Crippen MR) is 92.1 cm³/mol. The SMILES string of the molecule is Br.c1ccc2c(c1)CCNC2C1NCCc2ccccc21. The molecule has 2 aromatic carbocycles. The summed E-state index contributed by atoms with van der Waals surface area (Å²) in [4.78, 5) is 0. The van der Waals surface area contributed by atoms with E-state index in [2.05, 4.69) is 59.2 Å². The Morgan fingerprint density at radius 1 is 0.667 bits per heavy atom. The van der Waals surface area contributed by atoms with E-state index in [0.717, 1.165) is 25.9 Å². The van der Waals surface area contributed by atoms with Crippen molar-refractivity contribution < 1.29 is 0 Å². The Hall–Kier alpha value is -1.16. The minimum atomic E-state index is 0. The molecule has 0 bridgehead atoms. The molecule has 2 nitrogen and oxygen atoms in total. The maximum atomic E-state index is 3.72. The molecular weight excluding hydrogens is 324 g/mol. The first-order chi connectivity index (χ1) is 9.93. The van der Waals surface area contributed by atoms with Crippen molar-refractivity contribution in [1.82, 2.24) is 10.6 Å². The zero-order chi connectivity index (χ0) is 13.4. The molecule has 2 heterocycles. The van der Waals surface area contributed by atoms with Gasteiger partial charge in [-0.3, -0.25) is 0 Å². The molecule has 2 aliphatic rings. The van der Waals surface area contributed by atoms with E-state index in [9.17, 15) is 0 Å². The van der Waals surface area contributed by atoms with E-state index in [1.807, 2.05) is 0 Å². The van der Waals surface area contributed by atoms with Crippen LogP contribution in [0.2, 0.25) is 0 Å². The third-order valence-electron chi connectivity index (χ3n) is 4.63. The molecule has 2 atom stereocenters. The van der Waals surface area contributed by atoms with Gasteiger partial charge < -0.3 is 10.6 Å². The molecule has 0 saturated carbocycles. The lowest BCUT2D eigenvalue weighted by Crippen LogP contribution is -2.42. The van der Waals surface area contributed by atoms with Gasteiger partial charge in [0.1, 0.15) is 0 Å². The molecule has 0 aliphatic carbocycles. The standard InChI is InChI=1S/C18H20N2.BrH/c1-3-7-15-13(5-1)9-11-19-17(15)18-16-8-4-2-6-14(16)10-12-20-18;/h1-8,17-20H,9-12H2;1H. The molecule has 21 heavy (non-hydrogen) atoms. The normalized spacial score (nSPS) is 23.6. The minimum Gasteiger partial charge on any atom is -0.308 e. The summed E-state index contributed by atoms with van der Waals surface area (Å²) in [5, 5.41) is 7.45. The van der Waals surface area contributed by atoms with Crippen molar-refractivity contribution in [3.8, 4) is 0 Å². The van der Waals surface area contributed by atoms with Crippen LogP contribution < -0.4 is 10.6 Å². The Morgan fingerprint density at radius 2 is 1.10 bits per heavy atom. The molecule has 2 aliphatic heterocycles. The topological polar surface area (TPSA) is 24.1 Å². The van der Waals surface area contributed by atoms with Gasteiger partial charge in [0, 0.05) is 0 Å². The molecule has 2 N–H and O–H groups in total. The van der Waals surface area contributed by atoms with Gasteiger partial charge >= 0.3 is 0 Å². The fourth-order valence-corrected chi connectivity index (χ4v) is 3.67. The first-order valence-electron chi connectivity index (χ1n) is 7.56. The Kier molecular flexibility index (Phi) is 4.43. The molecule has 0 amide bonds. The molecule has 3 heteroatoms. The van der Waals surface area contributed by atoms with Crippen LogP contribution in [0.25, 0.3) is 0 Å². The van der Waals surface area contributed by atoms with Crippen LogP contribution in [-0.4, -0.2) is 13.1 Å². The highest BCUT2D eigenvalue weighted by atomic mass is 79.9. The van der Waals surface area contributed by atoms with E-state index < -0.39 is 0 Å². The summed E-state index contributed by atoms with van der Waals surface area (Å²) < 4.78 is 0. The number of rotatable bonds is 1. The molecule has 0 fully saturated rings. The highest BCUT2D eigenvalue weighted by Gasteiger charge is 2.31. The van der Waals surface area contributed by atoms with Gasteiger partial charge in [-0.25, -0.2) is 0 Å². The second-order valence-electron chi connectivity index (χ2n) is 5.76. The molecule has 4 rings (SSSR count). The van der Waals surface area contributed by atoms with Gasteiger partial charge in [0.2, 0.25) is 0 Å². The highest BCUT2D eigenvalue weighted by molar-refractivity contribution is 8.93. The van der Waals surface area contributed by atoms with Crippen molar-refractivity contribution in [1.29, 1.82) is 0 Å². The Balaban J connectivity index is 0.00000132. The van der Waals surface area contributed by atoms with E-state index >= 15 is 0 Å². The van der Waals surface area contributed by atoms with Gasteiger partial charge in [0.15, 0.2) is 0 Å². The smallest absolute Gasteiger partial charge is 0.0521 e. The van der Waals surface area contributed by atoms with Gasteiger partial charge in [-0.1, -0.05) is 48.5 Å². The third kappa shape index (κ3) is 2.66. The summed E-state index contributed by atoms with van der Waals surface area (Å²) in [6.07, 6.45) is 2.28. The van der Waals surface area contributed by atoms with Gasteiger partial charge in [-0.05, 0) is 48.2 Å². The Labute approximate surface area is 136 Å². The van der Waals surface area contributed by atoms with E-state index in [4.69, 9.17) is 0 Å². The van der Waals surface area contributed by atoms with E-state index in [-0.39, 0.29) is 17.0 Å². The molecule has 2 aromatic rings. The summed E-state index contributed by atoms with van der Waals surface area (Å²) in [7, 11) is 0. The number of benzene rings is 2. The third-order valence-corrected chi connectivity index (χ3v) is 4.63. The first-order valence-corrected chi connectivity index (χ1v) is 7.56. The molecule has 0 saturated heterocycles. The monoisotopic (exact) mass is 344 g/mol. The van der Waals surface area contributed by atoms with Gasteiger partial charge in [-0.15, -0.1) is 17.0 Å². The summed E-state index contributed by atoms with van der Waals surface area (Å²) in [5.41, 5.74) is 5.93. The lowest BCUT2D eigenvalue weighted by Gasteiger charge is -2.37. The number of halogens is 1. The zero-order valence-electron chi connectivity index (χ0n) is 12.0. The molecular formula is C18H21BrN2. The summed E-state index contributed by atoms with van der Waals surface area (Å²) in [6.45, 7) is 2.14. The van der Waals surface area contributed by atoms with Crippen LogP contribution in [-0.2, 0) is 12.8 Å². The molecule has 0 spiro atoms. The van der Waals surface area contributed by atoms with Crippen molar-refractivity contribution in [2.75, 3.05) is 13.1 Å². The number of fused-ring (bicyclic) bond motifs is 2. The Morgan fingerprint density at radius 3 is 1.57 bits per heavy atom. The van der Waals surface area contributed by atoms with Crippen LogP contribution in [0.5, 0.6) is 0 Å². The van der Waals surface area contributed by atoms with Crippen molar-refractivity contribution in [3.63, 3.8) is 0 Å². The van der Waals surface area contributed by atoms with Crippen LogP contribution in [0.4, 0.5) is 0 Å². The number of nitrogens with one attached hydrogen (secondary N) is 2. The first kappa shape index (κ1) is 14.8. The maximum Gasteiger partial charge on any atom is 0.0521 e. The fourth-order valence-electron chi connectivity index (χ4n) is 3.67. The van der Waals surface area contributed by atoms with E-state index in [0.29, 0.717) is 12.1 Å². The lowest BCUT2D eigenvalue weighted by atomic mass is 9.83. The quantitative estimate of drug-likeness (QED) is 0.828. The second kappa shape index (κ2) is 6.30. The van der Waals surface area contributed by atoms with Crippen LogP contribution in [0, 0.1) is 0 Å². The average molecular weight is 345 g/mol. The van der Waals surface area contributed by atoms with E-state index in [1.165, 1.54) is 22.3 Å². The Bertz CT molecular complexity index is 571. The molecule has 2 unspecified atom stereocenters. The lowest BCUT2D eigenvalue weighted by molar-refractivity contribution is 0.359. The van der Waals surface area contributed by atoms with Crippen LogP contribution in [0.15, 0.2) is 48.5 Å². The number of hydrogen-bond donors (Lipinski definition) is 2. The van der Waals surface area contributed by atoms with Gasteiger partial charge in [-0.2, -0.15) is 0 Å². The highest BCUT2D eigenvalue weighted by Crippen LogP contribution is 2.36. The maximum absolute atomic E-state index is 3.72. The summed E-state index contributed by atoms with van der Waals surface area (Å²) in [6, 6.07) is 18.5. The van der Waals surface area contributed by atoms with Crippen LogP contribution >= 0.6 is 17.0 Å². The van der Waals surface area contributed by atoms with Crippen LogP contribution in [0.1, 0.15) is 34.3 Å². The summed E-state index contributed by atoms with van der Waals surface area (Å²) >= 11 is 0.